The molecule has 19 heavy (non-hydrogen) atoms. The minimum absolute atomic E-state index is 0.241. The molecule has 1 aromatic rings. The van der Waals surface area contributed by atoms with Crippen LogP contribution in [-0.4, -0.2) is 22.1 Å². The monoisotopic (exact) mass is 272 g/mol. The minimum atomic E-state index is -1.01. The third-order valence-corrected chi connectivity index (χ3v) is 2.55. The van der Waals surface area contributed by atoms with E-state index < -0.39 is 17.1 Å². The van der Waals surface area contributed by atoms with Gasteiger partial charge in [0, 0.05) is 13.0 Å². The van der Waals surface area contributed by atoms with Crippen LogP contribution in [0.2, 0.25) is 0 Å². The molecule has 0 fully saturated rings. The maximum atomic E-state index is 13.0. The highest BCUT2D eigenvalue weighted by Crippen LogP contribution is 2.02. The number of esters is 1. The number of rotatable bonds is 7. The van der Waals surface area contributed by atoms with E-state index >= 15 is 0 Å². The Morgan fingerprint density at radius 3 is 2.79 bits per heavy atom. The summed E-state index contributed by atoms with van der Waals surface area (Å²) in [6.07, 6.45) is 3.21. The topological polar surface area (TPSA) is 81.2 Å². The number of nitrogens with one attached hydrogen (secondary N) is 1. The molecule has 0 saturated heterocycles. The van der Waals surface area contributed by atoms with Crippen molar-refractivity contribution in [2.75, 3.05) is 6.61 Å². The number of hydrogen-bond acceptors (Lipinski definition) is 4. The van der Waals surface area contributed by atoms with Crippen LogP contribution in [0.25, 0.3) is 0 Å². The summed E-state index contributed by atoms with van der Waals surface area (Å²) in [7, 11) is 0. The first kappa shape index (κ1) is 15.1. The van der Waals surface area contributed by atoms with E-state index in [9.17, 15) is 18.8 Å². The number of aromatic amines is 1. The Kier molecular flexibility index (Phi) is 5.98. The van der Waals surface area contributed by atoms with Gasteiger partial charge in [0.2, 0.25) is 5.82 Å². The highest BCUT2D eigenvalue weighted by molar-refractivity contribution is 5.69. The van der Waals surface area contributed by atoms with E-state index in [1.807, 2.05) is 4.98 Å². The molecule has 0 aliphatic heterocycles. The van der Waals surface area contributed by atoms with Gasteiger partial charge in [-0.15, -0.1) is 0 Å². The molecule has 106 valence electrons. The van der Waals surface area contributed by atoms with Crippen LogP contribution in [0.4, 0.5) is 4.39 Å². The van der Waals surface area contributed by atoms with E-state index in [1.54, 1.807) is 6.92 Å². The molecule has 0 atom stereocenters. The third kappa shape index (κ3) is 5.07. The van der Waals surface area contributed by atoms with Crippen molar-refractivity contribution in [3.63, 3.8) is 0 Å². The van der Waals surface area contributed by atoms with Gasteiger partial charge in [-0.2, -0.15) is 4.39 Å². The maximum absolute atomic E-state index is 13.0. The van der Waals surface area contributed by atoms with Crippen LogP contribution in [0.1, 0.15) is 32.6 Å². The zero-order valence-corrected chi connectivity index (χ0v) is 10.8. The SMILES string of the molecule is CCOC(=O)CCCCCn1cc(F)c(=O)[nH]c1=O. The Morgan fingerprint density at radius 2 is 2.11 bits per heavy atom. The summed E-state index contributed by atoms with van der Waals surface area (Å²) in [6.45, 7) is 2.41. The number of ether oxygens (including phenoxy) is 1. The van der Waals surface area contributed by atoms with Crippen molar-refractivity contribution < 1.29 is 13.9 Å². The van der Waals surface area contributed by atoms with Crippen LogP contribution >= 0.6 is 0 Å². The van der Waals surface area contributed by atoms with Gasteiger partial charge >= 0.3 is 11.7 Å². The van der Waals surface area contributed by atoms with Crippen molar-refractivity contribution in [3.05, 3.63) is 32.9 Å². The smallest absolute Gasteiger partial charge is 0.328 e. The molecule has 0 saturated carbocycles. The zero-order valence-electron chi connectivity index (χ0n) is 10.8. The Bertz CT molecular complexity index is 535. The second-order valence-electron chi connectivity index (χ2n) is 4.05. The first-order valence-corrected chi connectivity index (χ1v) is 6.19. The van der Waals surface area contributed by atoms with Gasteiger partial charge in [-0.05, 0) is 19.8 Å². The van der Waals surface area contributed by atoms with Crippen LogP contribution in [0.3, 0.4) is 0 Å². The molecule has 1 N–H and O–H groups in total. The van der Waals surface area contributed by atoms with Gasteiger partial charge < -0.3 is 4.74 Å². The Hall–Kier alpha value is -1.92. The van der Waals surface area contributed by atoms with Crippen molar-refractivity contribution in [1.29, 1.82) is 0 Å². The van der Waals surface area contributed by atoms with Gasteiger partial charge in [-0.1, -0.05) is 6.42 Å². The zero-order chi connectivity index (χ0) is 14.3. The fraction of sp³-hybridized carbons (Fsp3) is 0.583. The van der Waals surface area contributed by atoms with Crippen LogP contribution in [0, 0.1) is 5.82 Å². The second-order valence-corrected chi connectivity index (χ2v) is 4.05. The van der Waals surface area contributed by atoms with Crippen molar-refractivity contribution in [2.45, 2.75) is 39.2 Å². The number of nitrogens with zero attached hydrogens (tertiary/aromatic N) is 1. The number of aryl methyl sites for hydroxylation is 1. The number of carbonyl (C=O) groups is 1. The Morgan fingerprint density at radius 1 is 1.37 bits per heavy atom. The molecule has 6 nitrogen and oxygen atoms in total. The van der Waals surface area contributed by atoms with Gasteiger partial charge in [-0.25, -0.2) is 4.79 Å². The van der Waals surface area contributed by atoms with Crippen molar-refractivity contribution in [3.8, 4) is 0 Å². The predicted octanol–water partition coefficient (Wildman–Crippen LogP) is 0.799. The van der Waals surface area contributed by atoms with Gasteiger partial charge in [0.1, 0.15) is 0 Å². The highest BCUT2D eigenvalue weighted by Gasteiger charge is 2.04. The molecule has 0 spiro atoms. The summed E-state index contributed by atoms with van der Waals surface area (Å²) < 4.78 is 18.8. The molecule has 0 aliphatic carbocycles. The fourth-order valence-electron chi connectivity index (χ4n) is 1.61. The quantitative estimate of drug-likeness (QED) is 0.588. The number of halogens is 1. The number of carbonyl (C=O) groups excluding carboxylic acids is 1. The first-order chi connectivity index (χ1) is 9.04. The number of H-pyrrole nitrogens is 1. The molecule has 0 aliphatic rings. The summed E-state index contributed by atoms with van der Waals surface area (Å²) in [5.41, 5.74) is -1.64. The molecule has 0 radical (unpaired) electrons. The van der Waals surface area contributed by atoms with Crippen LogP contribution in [-0.2, 0) is 16.1 Å². The largest absolute Gasteiger partial charge is 0.466 e. The average Bonchev–Trinajstić information content (AvgIpc) is 2.35. The molecule has 1 rings (SSSR count). The predicted molar refractivity (Wildman–Crippen MR) is 66.4 cm³/mol. The number of hydrogen-bond donors (Lipinski definition) is 1. The van der Waals surface area contributed by atoms with E-state index in [2.05, 4.69) is 0 Å². The highest BCUT2D eigenvalue weighted by atomic mass is 19.1. The lowest BCUT2D eigenvalue weighted by Crippen LogP contribution is -2.31. The summed E-state index contributed by atoms with van der Waals surface area (Å²) >= 11 is 0. The molecule has 1 heterocycles. The molecule has 0 aromatic carbocycles. The van der Waals surface area contributed by atoms with Gasteiger partial charge in [0.15, 0.2) is 0 Å². The lowest BCUT2D eigenvalue weighted by molar-refractivity contribution is -0.143. The third-order valence-electron chi connectivity index (χ3n) is 2.55. The summed E-state index contributed by atoms with van der Waals surface area (Å²) in [6, 6.07) is 0. The van der Waals surface area contributed by atoms with Gasteiger partial charge in [0.25, 0.3) is 5.56 Å². The van der Waals surface area contributed by atoms with E-state index in [0.29, 0.717) is 38.8 Å². The second kappa shape index (κ2) is 7.50. The molecule has 0 amide bonds. The van der Waals surface area contributed by atoms with E-state index in [0.717, 1.165) is 10.8 Å². The molecular weight excluding hydrogens is 255 g/mol. The van der Waals surface area contributed by atoms with E-state index in [-0.39, 0.29) is 5.97 Å². The first-order valence-electron chi connectivity index (χ1n) is 6.19. The number of aromatic nitrogens is 2. The van der Waals surface area contributed by atoms with Crippen LogP contribution < -0.4 is 11.2 Å². The van der Waals surface area contributed by atoms with Crippen LogP contribution in [0.15, 0.2) is 15.8 Å². The fourth-order valence-corrected chi connectivity index (χ4v) is 1.61. The summed E-state index contributed by atoms with van der Waals surface area (Å²) in [5.74, 6) is -1.22. The van der Waals surface area contributed by atoms with E-state index in [1.165, 1.54) is 0 Å². The van der Waals surface area contributed by atoms with Crippen molar-refractivity contribution >= 4 is 5.97 Å². The normalized spacial score (nSPS) is 10.4. The Balaban J connectivity index is 2.34. The minimum Gasteiger partial charge on any atom is -0.466 e. The standard InChI is InChI=1S/C12H17FN2O4/c1-2-19-10(16)6-4-3-5-7-15-8-9(13)11(17)14-12(15)18/h8H,2-7H2,1H3,(H,14,17,18). The molecule has 0 unspecified atom stereocenters. The van der Waals surface area contributed by atoms with Crippen LogP contribution in [0.5, 0.6) is 0 Å². The summed E-state index contributed by atoms with van der Waals surface area (Å²) in [5, 5.41) is 0. The lowest BCUT2D eigenvalue weighted by Gasteiger charge is -2.05. The molecule has 0 bridgehead atoms. The van der Waals surface area contributed by atoms with Crippen molar-refractivity contribution in [1.82, 2.24) is 9.55 Å². The van der Waals surface area contributed by atoms with Gasteiger partial charge in [0.05, 0.1) is 12.8 Å². The Labute approximate surface area is 109 Å². The van der Waals surface area contributed by atoms with Crippen molar-refractivity contribution in [2.24, 2.45) is 0 Å². The molecule has 7 heteroatoms. The molecular formula is C12H17FN2O4. The molecule has 1 aromatic heterocycles. The van der Waals surface area contributed by atoms with Gasteiger partial charge in [-0.3, -0.25) is 19.1 Å². The summed E-state index contributed by atoms with van der Waals surface area (Å²) in [4.78, 5) is 35.1. The number of unbranched alkanes of at least 4 members (excludes halogenated alkanes) is 2. The average molecular weight is 272 g/mol. The van der Waals surface area contributed by atoms with E-state index in [4.69, 9.17) is 4.74 Å². The maximum Gasteiger partial charge on any atom is 0.328 e. The lowest BCUT2D eigenvalue weighted by atomic mass is 10.2.